The fourth-order valence-electron chi connectivity index (χ4n) is 9.91. The fraction of sp³-hybridized carbons (Fsp3) is 0.323. The van der Waals surface area contributed by atoms with E-state index in [-0.39, 0.29) is 22.5 Å². The van der Waals surface area contributed by atoms with E-state index in [1.807, 2.05) is 24.3 Å². The normalized spacial score (nSPS) is 15.0. The van der Waals surface area contributed by atoms with Crippen LogP contribution in [0.4, 0.5) is 22.7 Å². The number of carbonyl (C=O) groups excluding carboxylic acids is 2. The summed E-state index contributed by atoms with van der Waals surface area (Å²) in [7, 11) is 11.5. The van der Waals surface area contributed by atoms with Gasteiger partial charge in [0, 0.05) is 99.1 Å². The smallest absolute Gasteiger partial charge is 0.255 e. The Morgan fingerprint density at radius 1 is 0.432 bits per heavy atom. The molecule has 8 rings (SSSR count). The summed E-state index contributed by atoms with van der Waals surface area (Å²) < 4.78 is 78.6. The Labute approximate surface area is 475 Å². The van der Waals surface area contributed by atoms with Crippen molar-refractivity contribution in [2.75, 3.05) is 144 Å². The summed E-state index contributed by atoms with van der Waals surface area (Å²) in [6, 6.07) is 31.1. The Balaban J connectivity index is 1.25. The van der Waals surface area contributed by atoms with Gasteiger partial charge in [0.25, 0.3) is 11.8 Å². The minimum Gasteiger partial charge on any atom is -0.496 e. The number of hydrogen-bond donors (Lipinski definition) is 2. The first-order valence-corrected chi connectivity index (χ1v) is 28.0. The van der Waals surface area contributed by atoms with Gasteiger partial charge in [-0.1, -0.05) is 24.3 Å². The van der Waals surface area contributed by atoms with Crippen molar-refractivity contribution in [3.8, 4) is 46.0 Å². The number of rotatable bonds is 22. The highest BCUT2D eigenvalue weighted by Crippen LogP contribution is 2.44. The van der Waals surface area contributed by atoms with E-state index in [4.69, 9.17) is 37.9 Å². The molecule has 6 aromatic rings. The second-order valence-corrected chi connectivity index (χ2v) is 21.7. The van der Waals surface area contributed by atoms with Crippen molar-refractivity contribution in [3.05, 3.63) is 155 Å². The standard InChI is InChI=1S/C62H72N6O12S/c1-65-27-31-67(32-28-65)45-17-11-41(12-18-45)61(69)63-51-35-43(15-23-53(51)75-5)59(25-21-49-55(77-7)37-47(73-3)38-56(49)78-8)81(71,72)60(26-22-50-57(79-9)39-48(74-4)40-58(50)80-10)44-16-24-54(76-6)52(36-44)64-62(70)42-13-19-46(20-14-42)68-33-29-66(2)30-34-68/h11-26,35-40,59-60H,27-34H2,1-10H3,(H,63,69)(H,64,70)/b25-21+,26-22+. The molecule has 0 bridgehead atoms. The molecular formula is C62H72N6O12S. The number of sulfone groups is 1. The van der Waals surface area contributed by atoms with Crippen molar-refractivity contribution in [2.24, 2.45) is 0 Å². The van der Waals surface area contributed by atoms with E-state index in [0.717, 1.165) is 63.7 Å². The lowest BCUT2D eigenvalue weighted by Crippen LogP contribution is -2.44. The van der Waals surface area contributed by atoms with Crippen LogP contribution in [0.3, 0.4) is 0 Å². The summed E-state index contributed by atoms with van der Waals surface area (Å²) in [4.78, 5) is 37.4. The molecule has 2 aliphatic heterocycles. The molecule has 18 nitrogen and oxygen atoms in total. The Kier molecular flexibility index (Phi) is 19.4. The number of nitrogens with zero attached hydrogens (tertiary/aromatic N) is 4. The molecule has 6 aromatic carbocycles. The van der Waals surface area contributed by atoms with Crippen molar-refractivity contribution < 1.29 is 55.9 Å². The molecule has 2 saturated heterocycles. The highest BCUT2D eigenvalue weighted by molar-refractivity contribution is 7.92. The molecule has 2 atom stereocenters. The Morgan fingerprint density at radius 2 is 0.753 bits per heavy atom. The van der Waals surface area contributed by atoms with Crippen LogP contribution in [0.5, 0.6) is 46.0 Å². The summed E-state index contributed by atoms with van der Waals surface area (Å²) in [6.45, 7) is 7.20. The first-order chi connectivity index (χ1) is 39.1. The van der Waals surface area contributed by atoms with Crippen LogP contribution in [0, 0.1) is 0 Å². The van der Waals surface area contributed by atoms with Crippen LogP contribution < -0.4 is 58.3 Å². The number of likely N-dealkylation sites (N-methyl/N-ethyl adjacent to an activating group) is 2. The van der Waals surface area contributed by atoms with Gasteiger partial charge < -0.3 is 68.1 Å². The SMILES string of the molecule is COc1cc(OC)c(/C=C/C(c2ccc(OC)c(NC(=O)c3ccc(N4CCN(C)CC4)cc3)c2)S(=O)(=O)C(/C=C/c2c(OC)cc(OC)cc2OC)c2ccc(OC)c(NC(=O)c3ccc(N4CCN(C)CC4)cc3)c2)c(OC)c1. The lowest BCUT2D eigenvalue weighted by Gasteiger charge is -2.34. The van der Waals surface area contributed by atoms with Crippen LogP contribution in [-0.2, 0) is 9.84 Å². The maximum absolute atomic E-state index is 16.4. The average Bonchev–Trinajstić information content (AvgIpc) is 3.56. The molecule has 0 spiro atoms. The summed E-state index contributed by atoms with van der Waals surface area (Å²) in [5, 5.41) is 3.04. The highest BCUT2D eigenvalue weighted by atomic mass is 32.2. The molecule has 0 saturated carbocycles. The van der Waals surface area contributed by atoms with Crippen LogP contribution in [0.2, 0.25) is 0 Å². The van der Waals surface area contributed by atoms with E-state index in [9.17, 15) is 9.59 Å². The number of anilines is 4. The van der Waals surface area contributed by atoms with Gasteiger partial charge in [-0.15, -0.1) is 0 Å². The second kappa shape index (κ2) is 26.7. The zero-order chi connectivity index (χ0) is 57.8. The number of piperazine rings is 2. The first kappa shape index (κ1) is 58.8. The third-order valence-electron chi connectivity index (χ3n) is 14.7. The third kappa shape index (κ3) is 13.6. The maximum atomic E-state index is 16.4. The van der Waals surface area contributed by atoms with Crippen LogP contribution in [-0.4, -0.2) is 153 Å². The topological polar surface area (TPSA) is 179 Å². The van der Waals surface area contributed by atoms with Gasteiger partial charge in [-0.25, -0.2) is 8.42 Å². The Morgan fingerprint density at radius 3 is 1.05 bits per heavy atom. The molecule has 0 radical (unpaired) electrons. The monoisotopic (exact) mass is 1120 g/mol. The molecule has 2 unspecified atom stereocenters. The molecule has 0 aromatic heterocycles. The Hall–Kier alpha value is -8.39. The van der Waals surface area contributed by atoms with E-state index in [0.29, 0.717) is 68.2 Å². The molecule has 81 heavy (non-hydrogen) atoms. The van der Waals surface area contributed by atoms with Crippen molar-refractivity contribution >= 4 is 56.6 Å². The summed E-state index contributed by atoms with van der Waals surface area (Å²) >= 11 is 0. The molecule has 2 fully saturated rings. The summed E-state index contributed by atoms with van der Waals surface area (Å²) in [5.74, 6) is 2.01. The van der Waals surface area contributed by atoms with Gasteiger partial charge in [-0.2, -0.15) is 0 Å². The van der Waals surface area contributed by atoms with E-state index in [2.05, 4.69) is 44.3 Å². The summed E-state index contributed by atoms with van der Waals surface area (Å²) in [5.41, 5.74) is 4.63. The van der Waals surface area contributed by atoms with Gasteiger partial charge in [0.15, 0.2) is 9.84 Å². The molecule has 428 valence electrons. The van der Waals surface area contributed by atoms with Gasteiger partial charge in [0.05, 0.1) is 79.4 Å². The van der Waals surface area contributed by atoms with Crippen molar-refractivity contribution in [1.82, 2.24) is 9.80 Å². The number of ether oxygens (including phenoxy) is 8. The molecule has 2 aliphatic rings. The van der Waals surface area contributed by atoms with Gasteiger partial charge in [-0.05, 0) is 110 Å². The Bertz CT molecular complexity index is 3070. The van der Waals surface area contributed by atoms with E-state index >= 15 is 8.42 Å². The number of hydrogen-bond acceptors (Lipinski definition) is 16. The molecule has 2 N–H and O–H groups in total. The maximum Gasteiger partial charge on any atom is 0.255 e. The van der Waals surface area contributed by atoms with Gasteiger partial charge >= 0.3 is 0 Å². The van der Waals surface area contributed by atoms with Crippen LogP contribution in [0.1, 0.15) is 53.5 Å². The van der Waals surface area contributed by atoms with Gasteiger partial charge in [0.1, 0.15) is 56.5 Å². The lowest BCUT2D eigenvalue weighted by molar-refractivity contribution is 0.101. The zero-order valence-electron chi connectivity index (χ0n) is 47.6. The van der Waals surface area contributed by atoms with E-state index < -0.39 is 32.2 Å². The number of carbonyl (C=O) groups is 2. The number of amides is 2. The number of nitrogens with one attached hydrogen (secondary N) is 2. The average molecular weight is 1130 g/mol. The quantitative estimate of drug-likeness (QED) is 0.0656. The first-order valence-electron chi connectivity index (χ1n) is 26.4. The summed E-state index contributed by atoms with van der Waals surface area (Å²) in [6.07, 6.45) is 6.32. The zero-order valence-corrected chi connectivity index (χ0v) is 48.4. The van der Waals surface area contributed by atoms with E-state index in [1.165, 1.54) is 56.9 Å². The predicted octanol–water partition coefficient (Wildman–Crippen LogP) is 9.39. The predicted molar refractivity (Wildman–Crippen MR) is 319 cm³/mol. The van der Waals surface area contributed by atoms with Gasteiger partial charge in [0.2, 0.25) is 0 Å². The molecular weight excluding hydrogens is 1050 g/mol. The largest absolute Gasteiger partial charge is 0.496 e. The van der Waals surface area contributed by atoms with Crippen LogP contribution in [0.15, 0.2) is 121 Å². The van der Waals surface area contributed by atoms with Gasteiger partial charge in [-0.3, -0.25) is 9.59 Å². The fourth-order valence-corrected chi connectivity index (χ4v) is 11.9. The molecule has 19 heteroatoms. The molecule has 0 aliphatic carbocycles. The van der Waals surface area contributed by atoms with Crippen molar-refractivity contribution in [3.63, 3.8) is 0 Å². The highest BCUT2D eigenvalue weighted by Gasteiger charge is 2.36. The third-order valence-corrected chi connectivity index (χ3v) is 17.0. The van der Waals surface area contributed by atoms with Crippen LogP contribution >= 0.6 is 0 Å². The molecule has 2 heterocycles. The second-order valence-electron chi connectivity index (χ2n) is 19.5. The van der Waals surface area contributed by atoms with Crippen LogP contribution in [0.25, 0.3) is 12.2 Å². The van der Waals surface area contributed by atoms with E-state index in [1.54, 1.807) is 109 Å². The molecule has 2 amide bonds. The number of benzene rings is 6. The minimum absolute atomic E-state index is 0.224. The minimum atomic E-state index is -4.59. The van der Waals surface area contributed by atoms with Crippen molar-refractivity contribution in [1.29, 1.82) is 0 Å². The lowest BCUT2D eigenvalue weighted by atomic mass is 10.1. The number of methoxy groups -OCH3 is 8. The van der Waals surface area contributed by atoms with Crippen molar-refractivity contribution in [2.45, 2.75) is 10.5 Å².